The molecule has 0 aromatic heterocycles. The zero-order valence-corrected chi connectivity index (χ0v) is 8.74. The van der Waals surface area contributed by atoms with Gasteiger partial charge in [0, 0.05) is 0 Å². The Morgan fingerprint density at radius 1 is 0.667 bits per heavy atom. The van der Waals surface area contributed by atoms with Crippen molar-refractivity contribution in [3.63, 3.8) is 0 Å². The molecule has 15 heteroatoms. The van der Waals surface area contributed by atoms with Gasteiger partial charge in [0.1, 0.15) is 0 Å². The van der Waals surface area contributed by atoms with Crippen LogP contribution in [0.2, 0.25) is 0 Å². The van der Waals surface area contributed by atoms with Crippen LogP contribution in [0.15, 0.2) is 0 Å². The molecule has 0 aromatic carbocycles. The molecule has 0 radical (unpaired) electrons. The third-order valence-electron chi connectivity index (χ3n) is 1.38. The van der Waals surface area contributed by atoms with Gasteiger partial charge in [-0.3, -0.25) is 9.11 Å². The van der Waals surface area contributed by atoms with Crippen LogP contribution >= 0.6 is 0 Å². The van der Waals surface area contributed by atoms with Crippen molar-refractivity contribution in [2.45, 2.75) is 16.4 Å². The molecule has 2 N–H and O–H groups in total. The Morgan fingerprint density at radius 3 is 0.944 bits per heavy atom. The first-order valence-corrected chi connectivity index (χ1v) is 5.95. The van der Waals surface area contributed by atoms with Crippen molar-refractivity contribution >= 4 is 39.1 Å². The first-order chi connectivity index (χ1) is 7.00. The van der Waals surface area contributed by atoms with E-state index in [0.717, 1.165) is 0 Å². The van der Waals surface area contributed by atoms with E-state index in [1.54, 1.807) is 0 Å². The summed E-state index contributed by atoms with van der Waals surface area (Å²) in [6, 6.07) is 0. The molecular formula is C3H3F6LiO6S2. The predicted molar refractivity (Wildman–Crippen MR) is 45.1 cm³/mol. The molecule has 0 heterocycles. The quantitative estimate of drug-likeness (QED) is 0.426. The van der Waals surface area contributed by atoms with E-state index in [4.69, 9.17) is 9.11 Å². The fourth-order valence-corrected chi connectivity index (χ4v) is 1.46. The first kappa shape index (κ1) is 20.3. The number of rotatable bonds is 4. The summed E-state index contributed by atoms with van der Waals surface area (Å²) in [6.45, 7) is 0. The van der Waals surface area contributed by atoms with Gasteiger partial charge in [-0.15, -0.1) is 0 Å². The fourth-order valence-electron chi connectivity index (χ4n) is 0.493. The van der Waals surface area contributed by atoms with E-state index in [1.807, 2.05) is 0 Å². The van der Waals surface area contributed by atoms with Crippen molar-refractivity contribution in [2.75, 3.05) is 0 Å². The fraction of sp³-hybridized carbons (Fsp3) is 1.00. The second-order valence-electron chi connectivity index (χ2n) is 2.56. The Hall–Kier alpha value is -0.00260. The molecule has 0 aliphatic carbocycles. The SMILES string of the molecule is O=S(=O)(O)C(F)(F)C(F)(F)C(F)(F)S(=O)(=O)O.[LiH]. The number of hydrogen-bond donors (Lipinski definition) is 2. The van der Waals surface area contributed by atoms with E-state index in [-0.39, 0.29) is 18.9 Å². The molecule has 0 fully saturated rings. The molecule has 0 saturated heterocycles. The second-order valence-corrected chi connectivity index (χ2v) is 5.48. The molecule has 0 amide bonds. The van der Waals surface area contributed by atoms with Crippen molar-refractivity contribution in [3.8, 4) is 0 Å². The van der Waals surface area contributed by atoms with Crippen LogP contribution in [-0.2, 0) is 20.2 Å². The van der Waals surface area contributed by atoms with Crippen molar-refractivity contribution in [2.24, 2.45) is 0 Å². The van der Waals surface area contributed by atoms with Crippen molar-refractivity contribution in [1.82, 2.24) is 0 Å². The van der Waals surface area contributed by atoms with Gasteiger partial charge in [-0.25, -0.2) is 0 Å². The van der Waals surface area contributed by atoms with Gasteiger partial charge in [-0.05, 0) is 0 Å². The van der Waals surface area contributed by atoms with Gasteiger partial charge in [-0.1, -0.05) is 0 Å². The van der Waals surface area contributed by atoms with Gasteiger partial charge in [0.25, 0.3) is 0 Å². The van der Waals surface area contributed by atoms with Crippen LogP contribution in [0.25, 0.3) is 0 Å². The Morgan fingerprint density at radius 2 is 0.833 bits per heavy atom. The Bertz CT molecular complexity index is 463. The van der Waals surface area contributed by atoms with E-state index in [2.05, 4.69) is 0 Å². The van der Waals surface area contributed by atoms with Crippen LogP contribution in [0.4, 0.5) is 26.3 Å². The summed E-state index contributed by atoms with van der Waals surface area (Å²) in [6.07, 6.45) is 0. The second kappa shape index (κ2) is 4.83. The van der Waals surface area contributed by atoms with Gasteiger partial charge < -0.3 is 0 Å². The molecular weight excluding hydrogens is 317 g/mol. The summed E-state index contributed by atoms with van der Waals surface area (Å²) in [5.41, 5.74) is 0. The molecule has 6 nitrogen and oxygen atoms in total. The summed E-state index contributed by atoms with van der Waals surface area (Å²) in [4.78, 5) is 0. The minimum atomic E-state index is -7.08. The van der Waals surface area contributed by atoms with Crippen LogP contribution in [0, 0.1) is 0 Å². The molecule has 0 spiro atoms. The Labute approximate surface area is 108 Å². The van der Waals surface area contributed by atoms with Crippen LogP contribution < -0.4 is 0 Å². The number of alkyl halides is 6. The van der Waals surface area contributed by atoms with Gasteiger partial charge in [-0.2, -0.15) is 43.2 Å². The summed E-state index contributed by atoms with van der Waals surface area (Å²) >= 11 is 0. The van der Waals surface area contributed by atoms with E-state index in [9.17, 15) is 43.2 Å². The first-order valence-electron chi connectivity index (χ1n) is 3.07. The molecule has 0 rings (SSSR count). The Kier molecular flexibility index (Phi) is 5.46. The van der Waals surface area contributed by atoms with Crippen molar-refractivity contribution in [1.29, 1.82) is 0 Å². The maximum absolute atomic E-state index is 12.4. The van der Waals surface area contributed by atoms with E-state index in [0.29, 0.717) is 0 Å². The van der Waals surface area contributed by atoms with E-state index < -0.39 is 36.7 Å². The van der Waals surface area contributed by atoms with Crippen molar-refractivity contribution < 1.29 is 52.3 Å². The zero-order chi connectivity index (χ0) is 14.5. The van der Waals surface area contributed by atoms with Gasteiger partial charge in [0.05, 0.1) is 0 Å². The Balaban J connectivity index is 0. The molecule has 0 aliphatic heterocycles. The standard InChI is InChI=1S/C3H2F6O6S2.Li.H/c4-1(5,2(6,7)16(10,11)12)3(8,9)17(13,14)15;;/h(H,10,11,12)(H,13,14,15);;. The molecule has 0 bridgehead atoms. The minimum absolute atomic E-state index is 0. The predicted octanol–water partition coefficient (Wildman–Crippen LogP) is -0.0656. The van der Waals surface area contributed by atoms with Gasteiger partial charge in [0.15, 0.2) is 0 Å². The van der Waals surface area contributed by atoms with Crippen LogP contribution in [0.1, 0.15) is 0 Å². The van der Waals surface area contributed by atoms with Gasteiger partial charge in [0.2, 0.25) is 0 Å². The van der Waals surface area contributed by atoms with Crippen LogP contribution in [0.3, 0.4) is 0 Å². The summed E-state index contributed by atoms with van der Waals surface area (Å²) in [5.74, 6) is -7.08. The summed E-state index contributed by atoms with van der Waals surface area (Å²) in [5, 5.41) is -13.6. The molecule has 0 aromatic rings. The molecule has 0 saturated carbocycles. The molecule has 0 unspecified atom stereocenters. The number of halogens is 6. The normalized spacial score (nSPS) is 15.1. The summed E-state index contributed by atoms with van der Waals surface area (Å²) < 4.78 is 128. The van der Waals surface area contributed by atoms with Gasteiger partial charge >= 0.3 is 55.5 Å². The molecule has 0 atom stereocenters. The average Bonchev–Trinajstić information content (AvgIpc) is 1.98. The number of hydrogen-bond acceptors (Lipinski definition) is 4. The van der Waals surface area contributed by atoms with E-state index in [1.165, 1.54) is 0 Å². The topological polar surface area (TPSA) is 109 Å². The summed E-state index contributed by atoms with van der Waals surface area (Å²) in [7, 11) is -14.1. The van der Waals surface area contributed by atoms with Crippen LogP contribution in [-0.4, -0.2) is 61.2 Å². The monoisotopic (exact) mass is 320 g/mol. The maximum atomic E-state index is 12.4. The van der Waals surface area contributed by atoms with E-state index >= 15 is 0 Å². The molecule has 0 aliphatic rings. The third kappa shape index (κ3) is 2.78. The molecule has 18 heavy (non-hydrogen) atoms. The average molecular weight is 320 g/mol. The van der Waals surface area contributed by atoms with Crippen LogP contribution in [0.5, 0.6) is 0 Å². The third-order valence-corrected chi connectivity index (χ3v) is 3.19. The van der Waals surface area contributed by atoms with Crippen molar-refractivity contribution in [3.05, 3.63) is 0 Å². The molecule has 106 valence electrons. The zero-order valence-electron chi connectivity index (χ0n) is 7.11.